The standard InChI is InChI=1S/C14H19BrN2O2/c15-11-4-6-12(7-5-11)19-9-14(18)17-13-3-1-2-10(13)8-16/h4-7,10,13H,1-3,8-9,16H2,(H,17,18). The minimum atomic E-state index is -0.0757. The summed E-state index contributed by atoms with van der Waals surface area (Å²) >= 11 is 3.35. The Morgan fingerprint density at radius 1 is 1.37 bits per heavy atom. The number of ether oxygens (including phenoxy) is 1. The molecule has 1 aromatic carbocycles. The second kappa shape index (κ2) is 6.91. The maximum absolute atomic E-state index is 11.8. The van der Waals surface area contributed by atoms with Crippen LogP contribution in [0.15, 0.2) is 28.7 Å². The van der Waals surface area contributed by atoms with E-state index >= 15 is 0 Å². The van der Waals surface area contributed by atoms with Gasteiger partial charge in [0.1, 0.15) is 5.75 Å². The molecule has 104 valence electrons. The first-order chi connectivity index (χ1) is 9.19. The van der Waals surface area contributed by atoms with Gasteiger partial charge in [-0.2, -0.15) is 0 Å². The number of nitrogens with one attached hydrogen (secondary N) is 1. The fraction of sp³-hybridized carbons (Fsp3) is 0.500. The van der Waals surface area contributed by atoms with Gasteiger partial charge in [-0.3, -0.25) is 4.79 Å². The maximum atomic E-state index is 11.8. The zero-order chi connectivity index (χ0) is 13.7. The van der Waals surface area contributed by atoms with Gasteiger partial charge in [-0.1, -0.05) is 22.4 Å². The molecule has 19 heavy (non-hydrogen) atoms. The molecule has 0 spiro atoms. The number of carbonyl (C=O) groups excluding carboxylic acids is 1. The third-order valence-electron chi connectivity index (χ3n) is 3.49. The summed E-state index contributed by atoms with van der Waals surface area (Å²) < 4.78 is 6.42. The summed E-state index contributed by atoms with van der Waals surface area (Å²) in [6.45, 7) is 0.688. The molecule has 2 atom stereocenters. The molecule has 1 fully saturated rings. The van der Waals surface area contributed by atoms with Gasteiger partial charge < -0.3 is 15.8 Å². The van der Waals surface area contributed by atoms with E-state index in [-0.39, 0.29) is 18.6 Å². The molecule has 2 rings (SSSR count). The highest BCUT2D eigenvalue weighted by Gasteiger charge is 2.27. The van der Waals surface area contributed by atoms with Gasteiger partial charge in [-0.25, -0.2) is 0 Å². The summed E-state index contributed by atoms with van der Waals surface area (Å²) in [7, 11) is 0. The minimum Gasteiger partial charge on any atom is -0.484 e. The Morgan fingerprint density at radius 3 is 2.79 bits per heavy atom. The number of carbonyl (C=O) groups is 1. The zero-order valence-electron chi connectivity index (χ0n) is 10.8. The summed E-state index contributed by atoms with van der Waals surface area (Å²) in [5.74, 6) is 1.03. The van der Waals surface area contributed by atoms with Crippen LogP contribution >= 0.6 is 15.9 Å². The van der Waals surface area contributed by atoms with Crippen LogP contribution in [0.4, 0.5) is 0 Å². The Morgan fingerprint density at radius 2 is 2.11 bits per heavy atom. The average molecular weight is 327 g/mol. The van der Waals surface area contributed by atoms with E-state index in [1.807, 2.05) is 24.3 Å². The normalized spacial score (nSPS) is 22.2. The van der Waals surface area contributed by atoms with E-state index in [1.54, 1.807) is 0 Å². The van der Waals surface area contributed by atoms with Gasteiger partial charge in [-0.05, 0) is 49.6 Å². The quantitative estimate of drug-likeness (QED) is 0.870. The predicted molar refractivity (Wildman–Crippen MR) is 78.0 cm³/mol. The molecule has 0 aliphatic heterocycles. The van der Waals surface area contributed by atoms with Crippen molar-refractivity contribution < 1.29 is 9.53 Å². The molecule has 1 aromatic rings. The molecule has 0 aromatic heterocycles. The van der Waals surface area contributed by atoms with Crippen molar-refractivity contribution in [2.24, 2.45) is 11.7 Å². The molecule has 0 bridgehead atoms. The molecular weight excluding hydrogens is 308 g/mol. The van der Waals surface area contributed by atoms with Crippen molar-refractivity contribution in [1.82, 2.24) is 5.32 Å². The number of hydrogen-bond donors (Lipinski definition) is 2. The fourth-order valence-electron chi connectivity index (χ4n) is 2.44. The van der Waals surface area contributed by atoms with Crippen molar-refractivity contribution >= 4 is 21.8 Å². The lowest BCUT2D eigenvalue weighted by Gasteiger charge is -2.19. The number of amides is 1. The highest BCUT2D eigenvalue weighted by atomic mass is 79.9. The van der Waals surface area contributed by atoms with Crippen LogP contribution in [0, 0.1) is 5.92 Å². The lowest BCUT2D eigenvalue weighted by Crippen LogP contribution is -2.42. The van der Waals surface area contributed by atoms with Crippen molar-refractivity contribution in [2.75, 3.05) is 13.2 Å². The van der Waals surface area contributed by atoms with Crippen molar-refractivity contribution in [3.05, 3.63) is 28.7 Å². The van der Waals surface area contributed by atoms with E-state index in [2.05, 4.69) is 21.2 Å². The highest BCUT2D eigenvalue weighted by molar-refractivity contribution is 9.10. The molecular formula is C14H19BrN2O2. The van der Waals surface area contributed by atoms with Crippen molar-refractivity contribution in [3.8, 4) is 5.75 Å². The van der Waals surface area contributed by atoms with Crippen molar-refractivity contribution in [1.29, 1.82) is 0 Å². The number of benzene rings is 1. The summed E-state index contributed by atoms with van der Waals surface area (Å²) in [6, 6.07) is 7.64. The number of halogens is 1. The Kier molecular flexibility index (Phi) is 5.22. The van der Waals surface area contributed by atoms with E-state index in [0.29, 0.717) is 18.2 Å². The molecule has 1 aliphatic rings. The van der Waals surface area contributed by atoms with Crippen molar-refractivity contribution in [3.63, 3.8) is 0 Å². The first kappa shape index (κ1) is 14.3. The third kappa shape index (κ3) is 4.21. The summed E-state index contributed by atoms with van der Waals surface area (Å²) in [6.07, 6.45) is 3.27. The van der Waals surface area contributed by atoms with Gasteiger partial charge >= 0.3 is 0 Å². The third-order valence-corrected chi connectivity index (χ3v) is 4.02. The molecule has 5 heteroatoms. The van der Waals surface area contributed by atoms with E-state index in [1.165, 1.54) is 0 Å². The summed E-state index contributed by atoms with van der Waals surface area (Å²) in [5.41, 5.74) is 5.69. The molecule has 2 unspecified atom stereocenters. The van der Waals surface area contributed by atoms with Gasteiger partial charge in [0, 0.05) is 10.5 Å². The topological polar surface area (TPSA) is 64.3 Å². The molecule has 1 amide bonds. The second-order valence-corrected chi connectivity index (χ2v) is 5.76. The monoisotopic (exact) mass is 326 g/mol. The molecule has 0 radical (unpaired) electrons. The minimum absolute atomic E-state index is 0.0510. The van der Waals surface area contributed by atoms with Gasteiger partial charge in [-0.15, -0.1) is 0 Å². The summed E-state index contributed by atoms with van der Waals surface area (Å²) in [5, 5.41) is 3.01. The van der Waals surface area contributed by atoms with Crippen LogP contribution in [0.1, 0.15) is 19.3 Å². The number of hydrogen-bond acceptors (Lipinski definition) is 3. The van der Waals surface area contributed by atoms with Crippen LogP contribution in [0.2, 0.25) is 0 Å². The Balaban J connectivity index is 1.77. The lowest BCUT2D eigenvalue weighted by molar-refractivity contribution is -0.124. The molecule has 1 saturated carbocycles. The number of nitrogens with two attached hydrogens (primary N) is 1. The Hall–Kier alpha value is -1.07. The highest BCUT2D eigenvalue weighted by Crippen LogP contribution is 2.24. The molecule has 1 aliphatic carbocycles. The van der Waals surface area contributed by atoms with Crippen LogP contribution in [0.5, 0.6) is 5.75 Å². The largest absolute Gasteiger partial charge is 0.484 e. The van der Waals surface area contributed by atoms with Gasteiger partial charge in [0.25, 0.3) is 5.91 Å². The molecule has 0 saturated heterocycles. The lowest BCUT2D eigenvalue weighted by atomic mass is 10.0. The fourth-order valence-corrected chi connectivity index (χ4v) is 2.70. The summed E-state index contributed by atoms with van der Waals surface area (Å²) in [4.78, 5) is 11.8. The SMILES string of the molecule is NCC1CCCC1NC(=O)COc1ccc(Br)cc1. The van der Waals surface area contributed by atoms with Gasteiger partial charge in [0.2, 0.25) is 0 Å². The zero-order valence-corrected chi connectivity index (χ0v) is 12.4. The van der Waals surface area contributed by atoms with Crippen LogP contribution in [-0.2, 0) is 4.79 Å². The molecule has 0 heterocycles. The van der Waals surface area contributed by atoms with Crippen LogP contribution in [-0.4, -0.2) is 25.1 Å². The second-order valence-electron chi connectivity index (χ2n) is 4.84. The Labute approximate surface area is 121 Å². The smallest absolute Gasteiger partial charge is 0.258 e. The molecule has 3 N–H and O–H groups in total. The van der Waals surface area contributed by atoms with Crippen molar-refractivity contribution in [2.45, 2.75) is 25.3 Å². The van der Waals surface area contributed by atoms with Crippen LogP contribution < -0.4 is 15.8 Å². The van der Waals surface area contributed by atoms with Gasteiger partial charge in [0.15, 0.2) is 6.61 Å². The van der Waals surface area contributed by atoms with E-state index in [9.17, 15) is 4.79 Å². The predicted octanol–water partition coefficient (Wildman–Crippen LogP) is 2.07. The Bertz CT molecular complexity index is 422. The average Bonchev–Trinajstić information content (AvgIpc) is 2.85. The van der Waals surface area contributed by atoms with E-state index in [0.717, 1.165) is 23.7 Å². The van der Waals surface area contributed by atoms with E-state index < -0.39 is 0 Å². The van der Waals surface area contributed by atoms with Crippen LogP contribution in [0.25, 0.3) is 0 Å². The maximum Gasteiger partial charge on any atom is 0.258 e. The molecule has 4 nitrogen and oxygen atoms in total. The number of rotatable bonds is 5. The first-order valence-electron chi connectivity index (χ1n) is 6.57. The van der Waals surface area contributed by atoms with Gasteiger partial charge in [0.05, 0.1) is 0 Å². The van der Waals surface area contributed by atoms with Crippen LogP contribution in [0.3, 0.4) is 0 Å². The van der Waals surface area contributed by atoms with E-state index in [4.69, 9.17) is 10.5 Å². The first-order valence-corrected chi connectivity index (χ1v) is 7.36.